The molecule has 0 aliphatic rings. The first-order valence-corrected chi connectivity index (χ1v) is 9.56. The van der Waals surface area contributed by atoms with Crippen LogP contribution in [0.25, 0.3) is 22.2 Å². The number of para-hydroxylation sites is 1. The van der Waals surface area contributed by atoms with Gasteiger partial charge in [0.05, 0.1) is 12.1 Å². The molecular weight excluding hydrogens is 358 g/mol. The predicted octanol–water partition coefficient (Wildman–Crippen LogP) is 5.06. The molecule has 0 saturated heterocycles. The topological polar surface area (TPSA) is 68.0 Å². The van der Waals surface area contributed by atoms with Crippen LogP contribution in [0.5, 0.6) is 0 Å². The predicted molar refractivity (Wildman–Crippen MR) is 108 cm³/mol. The van der Waals surface area contributed by atoms with E-state index < -0.39 is 0 Å². The van der Waals surface area contributed by atoms with Gasteiger partial charge in [-0.2, -0.15) is 0 Å². The average Bonchev–Trinajstić information content (AvgIpc) is 3.26. The number of carbonyl (C=O) groups is 1. The summed E-state index contributed by atoms with van der Waals surface area (Å²) in [4.78, 5) is 17.0. The van der Waals surface area contributed by atoms with Gasteiger partial charge in [-0.3, -0.25) is 4.79 Å². The zero-order chi connectivity index (χ0) is 19.0. The number of benzene rings is 2. The van der Waals surface area contributed by atoms with Gasteiger partial charge in [0.25, 0.3) is 0 Å². The Morgan fingerprint density at radius 3 is 2.74 bits per heavy atom. The summed E-state index contributed by atoms with van der Waals surface area (Å²) in [7, 11) is 0. The minimum atomic E-state index is -0.160. The Morgan fingerprint density at radius 1 is 1.11 bits per heavy atom. The van der Waals surface area contributed by atoms with Gasteiger partial charge >= 0.3 is 0 Å². The van der Waals surface area contributed by atoms with E-state index in [1.54, 1.807) is 0 Å². The van der Waals surface area contributed by atoms with E-state index in [2.05, 4.69) is 48.4 Å². The van der Waals surface area contributed by atoms with E-state index in [9.17, 15) is 4.79 Å². The van der Waals surface area contributed by atoms with Gasteiger partial charge in [0, 0.05) is 16.3 Å². The van der Waals surface area contributed by atoms with Gasteiger partial charge in [-0.15, -0.1) is 11.3 Å². The van der Waals surface area contributed by atoms with Crippen molar-refractivity contribution in [1.82, 2.24) is 10.1 Å². The van der Waals surface area contributed by atoms with Crippen molar-refractivity contribution in [2.75, 3.05) is 5.32 Å². The van der Waals surface area contributed by atoms with E-state index in [1.807, 2.05) is 29.6 Å². The fraction of sp³-hybridized carbons (Fsp3) is 0.190. The molecule has 0 atom stereocenters. The minimum absolute atomic E-state index is 0.147. The van der Waals surface area contributed by atoms with Crippen LogP contribution in [0.15, 0.2) is 46.3 Å². The number of hydrogen-bond acceptors (Lipinski definition) is 5. The molecular formula is C21H19N3O2S. The van der Waals surface area contributed by atoms with Gasteiger partial charge in [-0.25, -0.2) is 4.98 Å². The van der Waals surface area contributed by atoms with Crippen LogP contribution in [-0.2, 0) is 11.2 Å². The maximum absolute atomic E-state index is 12.4. The Bertz CT molecular complexity index is 1140. The van der Waals surface area contributed by atoms with Crippen LogP contribution in [0.2, 0.25) is 0 Å². The highest BCUT2D eigenvalue weighted by Gasteiger charge is 2.14. The molecule has 2 aromatic carbocycles. The van der Waals surface area contributed by atoms with E-state index in [4.69, 9.17) is 4.52 Å². The lowest BCUT2D eigenvalue weighted by Gasteiger charge is -2.07. The SMILES string of the molecule is Cc1cc(C)c(-c2csc(NC(=O)Cc3noc4ccccc34)n2)cc1C. The number of nitrogens with zero attached hydrogens (tertiary/aromatic N) is 2. The van der Waals surface area contributed by atoms with Crippen LogP contribution in [0.4, 0.5) is 5.13 Å². The molecule has 0 saturated carbocycles. The molecule has 2 heterocycles. The van der Waals surface area contributed by atoms with Gasteiger partial charge in [0.2, 0.25) is 5.91 Å². The van der Waals surface area contributed by atoms with Crippen molar-refractivity contribution >= 4 is 33.3 Å². The molecule has 5 nitrogen and oxygen atoms in total. The molecule has 6 heteroatoms. The number of rotatable bonds is 4. The van der Waals surface area contributed by atoms with Crippen molar-refractivity contribution in [2.24, 2.45) is 0 Å². The van der Waals surface area contributed by atoms with E-state index in [1.165, 1.54) is 28.0 Å². The summed E-state index contributed by atoms with van der Waals surface area (Å²) in [5, 5.41) is 10.3. The van der Waals surface area contributed by atoms with Crippen LogP contribution in [0, 0.1) is 20.8 Å². The van der Waals surface area contributed by atoms with E-state index >= 15 is 0 Å². The molecule has 0 spiro atoms. The van der Waals surface area contributed by atoms with Crippen molar-refractivity contribution in [3.05, 3.63) is 64.2 Å². The highest BCUT2D eigenvalue weighted by atomic mass is 32.1. The van der Waals surface area contributed by atoms with Crippen molar-refractivity contribution < 1.29 is 9.32 Å². The van der Waals surface area contributed by atoms with Gasteiger partial charge < -0.3 is 9.84 Å². The Morgan fingerprint density at radius 2 is 1.89 bits per heavy atom. The first kappa shape index (κ1) is 17.4. The second-order valence-electron chi connectivity index (χ2n) is 6.64. The number of nitrogens with one attached hydrogen (secondary N) is 1. The van der Waals surface area contributed by atoms with Gasteiger partial charge in [0.15, 0.2) is 10.7 Å². The van der Waals surface area contributed by atoms with Crippen LogP contribution < -0.4 is 5.32 Å². The van der Waals surface area contributed by atoms with Crippen molar-refractivity contribution in [3.63, 3.8) is 0 Å². The first-order chi connectivity index (χ1) is 13.0. The van der Waals surface area contributed by atoms with E-state index in [-0.39, 0.29) is 12.3 Å². The van der Waals surface area contributed by atoms with Gasteiger partial charge in [0.1, 0.15) is 5.69 Å². The average molecular weight is 377 g/mol. The lowest BCUT2D eigenvalue weighted by atomic mass is 9.99. The molecule has 2 aromatic heterocycles. The lowest BCUT2D eigenvalue weighted by molar-refractivity contribution is -0.115. The summed E-state index contributed by atoms with van der Waals surface area (Å²) in [5.41, 5.74) is 6.95. The van der Waals surface area contributed by atoms with E-state index in [0.29, 0.717) is 16.4 Å². The second kappa shape index (κ2) is 6.96. The maximum atomic E-state index is 12.4. The second-order valence-corrected chi connectivity index (χ2v) is 7.50. The number of hydrogen-bond donors (Lipinski definition) is 1. The lowest BCUT2D eigenvalue weighted by Crippen LogP contribution is -2.14. The van der Waals surface area contributed by atoms with E-state index in [0.717, 1.165) is 16.6 Å². The normalized spacial score (nSPS) is 11.1. The number of fused-ring (bicyclic) bond motifs is 1. The van der Waals surface area contributed by atoms with Gasteiger partial charge in [-0.05, 0) is 55.7 Å². The summed E-state index contributed by atoms with van der Waals surface area (Å²) < 4.78 is 5.25. The molecule has 4 aromatic rings. The molecule has 0 fully saturated rings. The summed E-state index contributed by atoms with van der Waals surface area (Å²) in [6.07, 6.45) is 0.147. The summed E-state index contributed by atoms with van der Waals surface area (Å²) >= 11 is 1.42. The number of amides is 1. The molecule has 0 bridgehead atoms. The standard InChI is InChI=1S/C21H19N3O2S/c1-12-8-14(3)16(9-13(12)2)18-11-27-21(22-18)23-20(25)10-17-15-6-4-5-7-19(15)26-24-17/h4-9,11H,10H2,1-3H3,(H,22,23,25). The monoisotopic (exact) mass is 377 g/mol. The number of aromatic nitrogens is 2. The van der Waals surface area contributed by atoms with Crippen molar-refractivity contribution in [3.8, 4) is 11.3 Å². The van der Waals surface area contributed by atoms with Crippen LogP contribution >= 0.6 is 11.3 Å². The maximum Gasteiger partial charge on any atom is 0.232 e. The van der Waals surface area contributed by atoms with Gasteiger partial charge in [-0.1, -0.05) is 23.4 Å². The first-order valence-electron chi connectivity index (χ1n) is 8.68. The quantitative estimate of drug-likeness (QED) is 0.540. The fourth-order valence-corrected chi connectivity index (χ4v) is 3.80. The molecule has 0 unspecified atom stereocenters. The Balaban J connectivity index is 1.51. The number of carbonyl (C=O) groups excluding carboxylic acids is 1. The molecule has 1 N–H and O–H groups in total. The minimum Gasteiger partial charge on any atom is -0.356 e. The Kier molecular flexibility index (Phi) is 4.49. The third-order valence-electron chi connectivity index (χ3n) is 4.65. The molecule has 1 amide bonds. The Labute approximate surface area is 161 Å². The van der Waals surface area contributed by atoms with Crippen molar-refractivity contribution in [1.29, 1.82) is 0 Å². The Hall–Kier alpha value is -2.99. The number of thiazole rings is 1. The zero-order valence-corrected chi connectivity index (χ0v) is 16.2. The fourth-order valence-electron chi connectivity index (χ4n) is 3.07. The third-order valence-corrected chi connectivity index (χ3v) is 5.41. The third kappa shape index (κ3) is 3.48. The molecule has 136 valence electrons. The van der Waals surface area contributed by atoms with Crippen LogP contribution in [0.3, 0.4) is 0 Å². The highest BCUT2D eigenvalue weighted by Crippen LogP contribution is 2.29. The zero-order valence-electron chi connectivity index (χ0n) is 15.4. The smallest absolute Gasteiger partial charge is 0.232 e. The van der Waals surface area contributed by atoms with Crippen LogP contribution in [0.1, 0.15) is 22.4 Å². The number of anilines is 1. The largest absolute Gasteiger partial charge is 0.356 e. The molecule has 0 aliphatic carbocycles. The number of aryl methyl sites for hydroxylation is 3. The summed E-state index contributed by atoms with van der Waals surface area (Å²) in [5.74, 6) is -0.160. The molecule has 0 radical (unpaired) electrons. The van der Waals surface area contributed by atoms with Crippen molar-refractivity contribution in [2.45, 2.75) is 27.2 Å². The molecule has 0 aliphatic heterocycles. The summed E-state index contributed by atoms with van der Waals surface area (Å²) in [6.45, 7) is 6.27. The molecule has 4 rings (SSSR count). The summed E-state index contributed by atoms with van der Waals surface area (Å²) in [6, 6.07) is 11.8. The molecule has 27 heavy (non-hydrogen) atoms. The van der Waals surface area contributed by atoms with Crippen LogP contribution in [-0.4, -0.2) is 16.0 Å². The highest BCUT2D eigenvalue weighted by molar-refractivity contribution is 7.14.